The van der Waals surface area contributed by atoms with Crippen LogP contribution < -0.4 is 15.7 Å². The van der Waals surface area contributed by atoms with E-state index in [0.29, 0.717) is 0 Å². The lowest BCUT2D eigenvalue weighted by Gasteiger charge is -2.20. The minimum Gasteiger partial charge on any atom is -0.530 e. The normalized spacial score (nSPS) is 11.1. The number of nitrogens with zero attached hydrogens (tertiary/aromatic N) is 2. The number of ether oxygens (including phenoxy) is 1. The second-order valence-corrected chi connectivity index (χ2v) is 5.75. The third kappa shape index (κ3) is 5.23. The SMILES string of the molecule is CC(C)(C)OC(=O)Nc1c(Br)nn(CCO)c1NC(=O)[O-]. The molecule has 0 saturated carbocycles. The highest BCUT2D eigenvalue weighted by molar-refractivity contribution is 9.10. The minimum absolute atomic E-state index is 0.0320. The van der Waals surface area contributed by atoms with Gasteiger partial charge in [-0.15, -0.1) is 0 Å². The molecule has 0 unspecified atom stereocenters. The molecule has 0 aliphatic carbocycles. The van der Waals surface area contributed by atoms with Gasteiger partial charge in [-0.2, -0.15) is 5.10 Å². The van der Waals surface area contributed by atoms with E-state index in [4.69, 9.17) is 9.84 Å². The van der Waals surface area contributed by atoms with Gasteiger partial charge in [0, 0.05) is 0 Å². The van der Waals surface area contributed by atoms with Crippen molar-refractivity contribution in [2.75, 3.05) is 17.2 Å². The fraction of sp³-hybridized carbons (Fsp3) is 0.545. The molecule has 1 heterocycles. The van der Waals surface area contributed by atoms with Gasteiger partial charge in [0.2, 0.25) is 0 Å². The van der Waals surface area contributed by atoms with Gasteiger partial charge in [-0.25, -0.2) is 9.48 Å². The van der Waals surface area contributed by atoms with Gasteiger partial charge in [-0.1, -0.05) is 0 Å². The summed E-state index contributed by atoms with van der Waals surface area (Å²) >= 11 is 3.10. The van der Waals surface area contributed by atoms with Crippen LogP contribution in [0.5, 0.6) is 0 Å². The van der Waals surface area contributed by atoms with Crippen molar-refractivity contribution in [3.05, 3.63) is 4.60 Å². The number of nitrogens with one attached hydrogen (secondary N) is 2. The molecule has 21 heavy (non-hydrogen) atoms. The Balaban J connectivity index is 3.04. The van der Waals surface area contributed by atoms with Gasteiger partial charge in [-0.3, -0.25) is 5.32 Å². The summed E-state index contributed by atoms with van der Waals surface area (Å²) in [6, 6.07) is 0. The minimum atomic E-state index is -1.58. The predicted molar refractivity (Wildman–Crippen MR) is 75.9 cm³/mol. The Morgan fingerprint density at radius 2 is 2.05 bits per heavy atom. The number of carboxylic acid groups (broad SMARTS) is 1. The average molecular weight is 364 g/mol. The highest BCUT2D eigenvalue weighted by Gasteiger charge is 2.22. The summed E-state index contributed by atoms with van der Waals surface area (Å²) in [6.07, 6.45) is -2.35. The van der Waals surface area contributed by atoms with E-state index < -0.39 is 17.8 Å². The number of hydrogen-bond acceptors (Lipinski definition) is 6. The quantitative estimate of drug-likeness (QED) is 0.723. The molecular weight excluding hydrogens is 348 g/mol. The number of aliphatic hydroxyl groups excluding tert-OH is 1. The third-order valence-corrected chi connectivity index (χ3v) is 2.62. The molecule has 10 heteroatoms. The molecule has 1 aromatic heterocycles. The molecule has 0 saturated heterocycles. The molecule has 0 radical (unpaired) electrons. The van der Waals surface area contributed by atoms with Crippen LogP contribution in [0.25, 0.3) is 0 Å². The van der Waals surface area contributed by atoms with Crippen molar-refractivity contribution in [2.24, 2.45) is 0 Å². The first-order chi connectivity index (χ1) is 9.64. The number of carbonyl (C=O) groups excluding carboxylic acids is 2. The zero-order valence-corrected chi connectivity index (χ0v) is 13.4. The maximum atomic E-state index is 11.8. The Morgan fingerprint density at radius 1 is 1.43 bits per heavy atom. The van der Waals surface area contributed by atoms with Gasteiger partial charge in [0.15, 0.2) is 10.4 Å². The summed E-state index contributed by atoms with van der Waals surface area (Å²) in [5, 5.41) is 28.0. The van der Waals surface area contributed by atoms with Crippen LogP contribution in [0.1, 0.15) is 20.8 Å². The first-order valence-electron chi connectivity index (χ1n) is 5.99. The van der Waals surface area contributed by atoms with Crippen molar-refractivity contribution in [3.63, 3.8) is 0 Å². The van der Waals surface area contributed by atoms with Crippen LogP contribution in [-0.2, 0) is 11.3 Å². The largest absolute Gasteiger partial charge is 0.530 e. The average Bonchev–Trinajstić information content (AvgIpc) is 2.55. The van der Waals surface area contributed by atoms with Gasteiger partial charge < -0.3 is 25.1 Å². The molecule has 0 fully saturated rings. The molecule has 0 aliphatic rings. The first kappa shape index (κ1) is 17.2. The van der Waals surface area contributed by atoms with E-state index in [9.17, 15) is 14.7 Å². The van der Waals surface area contributed by atoms with E-state index in [1.165, 1.54) is 4.68 Å². The molecule has 0 aliphatic heterocycles. The van der Waals surface area contributed by atoms with Crippen molar-refractivity contribution in [1.29, 1.82) is 0 Å². The topological polar surface area (TPSA) is 129 Å². The molecule has 3 N–H and O–H groups in total. The summed E-state index contributed by atoms with van der Waals surface area (Å²) in [5.41, 5.74) is -0.638. The Labute approximate surface area is 129 Å². The molecule has 1 rings (SSSR count). The maximum absolute atomic E-state index is 11.8. The second-order valence-electron chi connectivity index (χ2n) is 5.00. The lowest BCUT2D eigenvalue weighted by molar-refractivity contribution is -0.242. The fourth-order valence-electron chi connectivity index (χ4n) is 1.43. The fourth-order valence-corrected chi connectivity index (χ4v) is 1.91. The number of rotatable bonds is 4. The van der Waals surface area contributed by atoms with Crippen molar-refractivity contribution >= 4 is 39.6 Å². The van der Waals surface area contributed by atoms with Crippen LogP contribution in [0.2, 0.25) is 0 Å². The van der Waals surface area contributed by atoms with Crippen molar-refractivity contribution in [2.45, 2.75) is 32.9 Å². The maximum Gasteiger partial charge on any atom is 0.412 e. The smallest absolute Gasteiger partial charge is 0.412 e. The van der Waals surface area contributed by atoms with E-state index in [1.807, 2.05) is 5.32 Å². The van der Waals surface area contributed by atoms with Crippen LogP contribution in [0.4, 0.5) is 21.1 Å². The number of aliphatic hydroxyl groups is 1. The molecule has 0 aromatic carbocycles. The Kier molecular flexibility index (Phi) is 5.55. The molecule has 1 aromatic rings. The standard InChI is InChI=1S/C11H17BrN4O5/c1-11(2,3)21-10(20)13-6-7(12)15-16(4-5-17)8(6)14-9(18)19/h14,17H,4-5H2,1-3H3,(H,13,20)(H,18,19)/p-1. The summed E-state index contributed by atoms with van der Waals surface area (Å²) in [7, 11) is 0. The van der Waals surface area contributed by atoms with E-state index >= 15 is 0 Å². The number of halogens is 1. The van der Waals surface area contributed by atoms with E-state index in [-0.39, 0.29) is 29.3 Å². The summed E-state index contributed by atoms with van der Waals surface area (Å²) in [6.45, 7) is 4.84. The van der Waals surface area contributed by atoms with Crippen LogP contribution >= 0.6 is 15.9 Å². The molecule has 2 amide bonds. The summed E-state index contributed by atoms with van der Waals surface area (Å²) in [4.78, 5) is 22.5. The van der Waals surface area contributed by atoms with Gasteiger partial charge in [0.25, 0.3) is 0 Å². The van der Waals surface area contributed by atoms with E-state index in [2.05, 4.69) is 26.3 Å². The zero-order chi connectivity index (χ0) is 16.2. The van der Waals surface area contributed by atoms with Gasteiger partial charge in [0.05, 0.1) is 13.2 Å². The number of carbonyl (C=O) groups is 2. The van der Waals surface area contributed by atoms with Crippen LogP contribution in [0.15, 0.2) is 4.60 Å². The molecule has 0 atom stereocenters. The Morgan fingerprint density at radius 3 is 2.52 bits per heavy atom. The lowest BCUT2D eigenvalue weighted by atomic mass is 10.2. The van der Waals surface area contributed by atoms with Gasteiger partial charge in [0.1, 0.15) is 17.4 Å². The van der Waals surface area contributed by atoms with Gasteiger partial charge in [-0.05, 0) is 36.7 Å². The predicted octanol–water partition coefficient (Wildman–Crippen LogP) is 0.740. The molecule has 118 valence electrons. The molecule has 0 bridgehead atoms. The van der Waals surface area contributed by atoms with E-state index in [0.717, 1.165) is 0 Å². The van der Waals surface area contributed by atoms with Crippen molar-refractivity contribution in [3.8, 4) is 0 Å². The Hall–Kier alpha value is -1.81. The third-order valence-electron chi connectivity index (χ3n) is 2.07. The second kappa shape index (κ2) is 6.76. The Bertz CT molecular complexity index is 537. The monoisotopic (exact) mass is 363 g/mol. The number of aromatic nitrogens is 2. The molecule has 0 spiro atoms. The summed E-state index contributed by atoms with van der Waals surface area (Å²) in [5.74, 6) is -0.0400. The van der Waals surface area contributed by atoms with Crippen molar-refractivity contribution < 1.29 is 24.5 Å². The van der Waals surface area contributed by atoms with E-state index in [1.54, 1.807) is 20.8 Å². The highest BCUT2D eigenvalue weighted by atomic mass is 79.9. The van der Waals surface area contributed by atoms with Gasteiger partial charge >= 0.3 is 6.09 Å². The molecule has 9 nitrogen and oxygen atoms in total. The highest BCUT2D eigenvalue weighted by Crippen LogP contribution is 2.31. The van der Waals surface area contributed by atoms with Crippen LogP contribution in [-0.4, -0.2) is 39.3 Å². The van der Waals surface area contributed by atoms with Crippen molar-refractivity contribution in [1.82, 2.24) is 9.78 Å². The summed E-state index contributed by atoms with van der Waals surface area (Å²) < 4.78 is 6.44. The lowest BCUT2D eigenvalue weighted by Crippen LogP contribution is -2.31. The van der Waals surface area contributed by atoms with Crippen LogP contribution in [0.3, 0.4) is 0 Å². The first-order valence-corrected chi connectivity index (χ1v) is 6.78. The number of anilines is 2. The zero-order valence-electron chi connectivity index (χ0n) is 11.8. The number of amides is 2. The molecular formula is C11H16BrN4O5-. The van der Waals surface area contributed by atoms with Crippen LogP contribution in [0, 0.1) is 0 Å². The number of hydrogen-bond donors (Lipinski definition) is 3.